The number of piperazine rings is 1. The molecule has 0 aliphatic carbocycles. The minimum Gasteiger partial charge on any atom is -0.368 e. The van der Waals surface area contributed by atoms with Crippen molar-refractivity contribution in [2.24, 2.45) is 0 Å². The lowest BCUT2D eigenvalue weighted by Gasteiger charge is -2.36. The highest BCUT2D eigenvalue weighted by Crippen LogP contribution is 2.21. The zero-order valence-corrected chi connectivity index (χ0v) is 14.7. The van der Waals surface area contributed by atoms with Crippen LogP contribution in [0.15, 0.2) is 30.5 Å². The third-order valence-electron chi connectivity index (χ3n) is 4.34. The minimum absolute atomic E-state index is 0.0709. The Morgan fingerprint density at radius 2 is 1.68 bits per heavy atom. The number of anilines is 3. The van der Waals surface area contributed by atoms with Crippen LogP contribution in [-0.2, 0) is 0 Å². The van der Waals surface area contributed by atoms with Gasteiger partial charge in [-0.05, 0) is 31.2 Å². The standard InChI is InChI=1S/C18H22FN5O/c1-13(25)14-4-6-15(7-5-14)23-8-10-24(11-9-23)18-20-12-16(19)17(21-18)22(2)3/h4-7,12H,8-11H2,1-3H3. The minimum atomic E-state index is -0.419. The molecule has 2 heterocycles. The summed E-state index contributed by atoms with van der Waals surface area (Å²) < 4.78 is 13.7. The smallest absolute Gasteiger partial charge is 0.227 e. The third kappa shape index (κ3) is 3.70. The molecule has 1 aromatic carbocycles. The molecule has 1 fully saturated rings. The molecule has 0 unspecified atom stereocenters. The monoisotopic (exact) mass is 343 g/mol. The molecule has 0 radical (unpaired) electrons. The highest BCUT2D eigenvalue weighted by molar-refractivity contribution is 5.94. The lowest BCUT2D eigenvalue weighted by Crippen LogP contribution is -2.47. The number of rotatable bonds is 4. The van der Waals surface area contributed by atoms with Crippen molar-refractivity contribution < 1.29 is 9.18 Å². The lowest BCUT2D eigenvalue weighted by molar-refractivity contribution is 0.101. The second kappa shape index (κ2) is 7.04. The molecule has 3 rings (SSSR count). The first-order valence-corrected chi connectivity index (χ1v) is 8.26. The van der Waals surface area contributed by atoms with E-state index in [1.807, 2.05) is 24.3 Å². The third-order valence-corrected chi connectivity index (χ3v) is 4.34. The average molecular weight is 343 g/mol. The van der Waals surface area contributed by atoms with Crippen LogP contribution in [0.3, 0.4) is 0 Å². The maximum atomic E-state index is 13.7. The van der Waals surface area contributed by atoms with Gasteiger partial charge in [0, 0.05) is 51.5 Å². The van der Waals surface area contributed by atoms with Crippen LogP contribution < -0.4 is 14.7 Å². The van der Waals surface area contributed by atoms with E-state index in [0.29, 0.717) is 11.8 Å². The van der Waals surface area contributed by atoms with Crippen molar-refractivity contribution in [3.05, 3.63) is 41.8 Å². The number of Topliss-reactive ketones (excluding diaryl/α,β-unsaturated/α-hetero) is 1. The van der Waals surface area contributed by atoms with E-state index >= 15 is 0 Å². The zero-order valence-electron chi connectivity index (χ0n) is 14.7. The molecule has 1 aliphatic rings. The number of carbonyl (C=O) groups is 1. The van der Waals surface area contributed by atoms with Crippen LogP contribution in [-0.4, -0.2) is 56.0 Å². The van der Waals surface area contributed by atoms with Gasteiger partial charge >= 0.3 is 0 Å². The molecule has 1 aliphatic heterocycles. The lowest BCUT2D eigenvalue weighted by atomic mass is 10.1. The maximum Gasteiger partial charge on any atom is 0.227 e. The van der Waals surface area contributed by atoms with Crippen molar-refractivity contribution in [3.63, 3.8) is 0 Å². The number of hydrogen-bond donors (Lipinski definition) is 0. The summed E-state index contributed by atoms with van der Waals surface area (Å²) >= 11 is 0. The van der Waals surface area contributed by atoms with Crippen LogP contribution >= 0.6 is 0 Å². The molecule has 0 N–H and O–H groups in total. The Morgan fingerprint density at radius 3 is 2.24 bits per heavy atom. The average Bonchev–Trinajstić information content (AvgIpc) is 2.62. The van der Waals surface area contributed by atoms with E-state index in [1.54, 1.807) is 25.9 Å². The summed E-state index contributed by atoms with van der Waals surface area (Å²) in [5, 5.41) is 0. The van der Waals surface area contributed by atoms with E-state index in [2.05, 4.69) is 19.8 Å². The maximum absolute atomic E-state index is 13.7. The van der Waals surface area contributed by atoms with Gasteiger partial charge in [0.25, 0.3) is 0 Å². The molecular weight excluding hydrogens is 321 g/mol. The van der Waals surface area contributed by atoms with Crippen LogP contribution in [0.4, 0.5) is 21.8 Å². The molecule has 0 atom stereocenters. The molecular formula is C18H22FN5O. The van der Waals surface area contributed by atoms with Crippen molar-refractivity contribution in [3.8, 4) is 0 Å². The molecule has 132 valence electrons. The van der Waals surface area contributed by atoms with Crippen LogP contribution in [0.2, 0.25) is 0 Å². The zero-order chi connectivity index (χ0) is 18.0. The summed E-state index contributed by atoms with van der Waals surface area (Å²) in [6.07, 6.45) is 1.23. The van der Waals surface area contributed by atoms with Crippen LogP contribution in [0.25, 0.3) is 0 Å². The number of nitrogens with zero attached hydrogens (tertiary/aromatic N) is 5. The van der Waals surface area contributed by atoms with Gasteiger partial charge in [-0.2, -0.15) is 4.98 Å². The summed E-state index contributed by atoms with van der Waals surface area (Å²) in [7, 11) is 3.52. The normalized spacial score (nSPS) is 14.6. The number of benzene rings is 1. The van der Waals surface area contributed by atoms with Gasteiger partial charge in [-0.1, -0.05) is 0 Å². The van der Waals surface area contributed by atoms with Crippen molar-refractivity contribution in [1.82, 2.24) is 9.97 Å². The van der Waals surface area contributed by atoms with E-state index in [0.717, 1.165) is 37.4 Å². The molecule has 1 aromatic heterocycles. The molecule has 2 aromatic rings. The first kappa shape index (κ1) is 17.1. The van der Waals surface area contributed by atoms with Crippen LogP contribution in [0.1, 0.15) is 17.3 Å². The van der Waals surface area contributed by atoms with Gasteiger partial charge in [0.15, 0.2) is 17.4 Å². The first-order valence-electron chi connectivity index (χ1n) is 8.26. The molecule has 25 heavy (non-hydrogen) atoms. The molecule has 0 amide bonds. The Morgan fingerprint density at radius 1 is 1.08 bits per heavy atom. The summed E-state index contributed by atoms with van der Waals surface area (Å²) in [6.45, 7) is 4.72. The number of ketones is 1. The Bertz CT molecular complexity index is 755. The summed E-state index contributed by atoms with van der Waals surface area (Å²) in [4.78, 5) is 25.8. The van der Waals surface area contributed by atoms with Crippen LogP contribution in [0.5, 0.6) is 0 Å². The highest BCUT2D eigenvalue weighted by Gasteiger charge is 2.21. The molecule has 1 saturated heterocycles. The summed E-state index contributed by atoms with van der Waals surface area (Å²) in [5.41, 5.74) is 1.82. The van der Waals surface area contributed by atoms with Gasteiger partial charge in [0.2, 0.25) is 5.95 Å². The first-order chi connectivity index (χ1) is 12.0. The molecule has 0 bridgehead atoms. The van der Waals surface area contributed by atoms with E-state index in [4.69, 9.17) is 0 Å². The van der Waals surface area contributed by atoms with E-state index in [9.17, 15) is 9.18 Å². The molecule has 0 spiro atoms. The second-order valence-corrected chi connectivity index (χ2v) is 6.31. The van der Waals surface area contributed by atoms with Gasteiger partial charge in [-0.15, -0.1) is 0 Å². The SMILES string of the molecule is CC(=O)c1ccc(N2CCN(c3ncc(F)c(N(C)C)n3)CC2)cc1. The molecule has 0 saturated carbocycles. The Hall–Kier alpha value is -2.70. The highest BCUT2D eigenvalue weighted by atomic mass is 19.1. The van der Waals surface area contributed by atoms with Gasteiger partial charge in [-0.3, -0.25) is 4.79 Å². The predicted molar refractivity (Wildman–Crippen MR) is 97.2 cm³/mol. The largest absolute Gasteiger partial charge is 0.368 e. The van der Waals surface area contributed by atoms with Gasteiger partial charge in [0.1, 0.15) is 0 Å². The number of carbonyl (C=O) groups excluding carboxylic acids is 1. The number of hydrogen-bond acceptors (Lipinski definition) is 6. The molecule has 7 heteroatoms. The number of halogens is 1. The second-order valence-electron chi connectivity index (χ2n) is 6.31. The predicted octanol–water partition coefficient (Wildman–Crippen LogP) is 2.21. The quantitative estimate of drug-likeness (QED) is 0.794. The van der Waals surface area contributed by atoms with Crippen molar-refractivity contribution in [1.29, 1.82) is 0 Å². The van der Waals surface area contributed by atoms with Gasteiger partial charge in [0.05, 0.1) is 6.20 Å². The summed E-state index contributed by atoms with van der Waals surface area (Å²) in [6, 6.07) is 7.67. The fourth-order valence-corrected chi connectivity index (χ4v) is 2.89. The Balaban J connectivity index is 1.67. The van der Waals surface area contributed by atoms with Crippen LogP contribution in [0, 0.1) is 5.82 Å². The fraction of sp³-hybridized carbons (Fsp3) is 0.389. The molecule has 6 nitrogen and oxygen atoms in total. The van der Waals surface area contributed by atoms with Gasteiger partial charge in [-0.25, -0.2) is 9.37 Å². The number of aromatic nitrogens is 2. The van der Waals surface area contributed by atoms with E-state index in [1.165, 1.54) is 6.20 Å². The topological polar surface area (TPSA) is 52.6 Å². The van der Waals surface area contributed by atoms with Crippen molar-refractivity contribution >= 4 is 23.2 Å². The Kier molecular flexibility index (Phi) is 4.83. The van der Waals surface area contributed by atoms with Crippen molar-refractivity contribution in [2.75, 3.05) is 55.0 Å². The van der Waals surface area contributed by atoms with Gasteiger partial charge < -0.3 is 14.7 Å². The summed E-state index contributed by atoms with van der Waals surface area (Å²) in [5.74, 6) is 0.503. The van der Waals surface area contributed by atoms with E-state index in [-0.39, 0.29) is 5.78 Å². The fourth-order valence-electron chi connectivity index (χ4n) is 2.89. The van der Waals surface area contributed by atoms with E-state index < -0.39 is 5.82 Å². The van der Waals surface area contributed by atoms with Crippen molar-refractivity contribution in [2.45, 2.75) is 6.92 Å². The Labute approximate surface area is 146 Å².